The van der Waals surface area contributed by atoms with E-state index in [4.69, 9.17) is 0 Å². The molecule has 0 saturated carbocycles. The van der Waals surface area contributed by atoms with E-state index in [9.17, 15) is 13.0 Å². The maximum absolute atomic E-state index is 10.3. The molecule has 3 nitrogen and oxygen atoms in total. The van der Waals surface area contributed by atoms with Gasteiger partial charge in [-0.1, -0.05) is 72.3 Å². The Bertz CT molecular complexity index is 1100. The van der Waals surface area contributed by atoms with Crippen LogP contribution < -0.4 is 0 Å². The van der Waals surface area contributed by atoms with E-state index in [-0.39, 0.29) is 15.8 Å². The Hall–Kier alpha value is -2.86. The summed E-state index contributed by atoms with van der Waals surface area (Å²) in [5.74, 6) is 0. The van der Waals surface area contributed by atoms with Gasteiger partial charge in [0.25, 0.3) is 0 Å². The Kier molecular flexibility index (Phi) is 7.46. The molecule has 0 aliphatic carbocycles. The van der Waals surface area contributed by atoms with Gasteiger partial charge in [-0.2, -0.15) is 0 Å². The fourth-order valence-corrected chi connectivity index (χ4v) is 5.36. The fourth-order valence-electron chi connectivity index (χ4n) is 2.78. The molecular weight excluding hydrogens is 412 g/mol. The second-order valence-electron chi connectivity index (χ2n) is 6.51. The van der Waals surface area contributed by atoms with E-state index in [0.717, 1.165) is 0 Å². The van der Waals surface area contributed by atoms with Gasteiger partial charge in [0.1, 0.15) is 10.1 Å². The van der Waals surface area contributed by atoms with Crippen molar-refractivity contribution < 1.29 is 13.0 Å². The van der Waals surface area contributed by atoms with Crippen molar-refractivity contribution in [3.8, 4) is 0 Å². The number of benzene rings is 4. The normalized spacial score (nSPS) is 10.9. The van der Waals surface area contributed by atoms with Crippen LogP contribution in [0, 0.1) is 6.92 Å². The molecule has 0 radical (unpaired) electrons. The van der Waals surface area contributed by atoms with Crippen molar-refractivity contribution in [3.63, 3.8) is 0 Å². The molecule has 0 N–H and O–H groups in total. The van der Waals surface area contributed by atoms with Crippen molar-refractivity contribution in [1.29, 1.82) is 0 Å². The van der Waals surface area contributed by atoms with E-state index in [2.05, 4.69) is 91.9 Å². The van der Waals surface area contributed by atoms with Crippen LogP contribution >= 0.6 is 0 Å². The third kappa shape index (κ3) is 6.07. The first-order valence-corrected chi connectivity index (χ1v) is 12.0. The Morgan fingerprint density at radius 1 is 0.567 bits per heavy atom. The summed E-state index contributed by atoms with van der Waals surface area (Å²) in [6, 6.07) is 37.6. The highest BCUT2D eigenvalue weighted by Gasteiger charge is 2.27. The number of aryl methyl sites for hydroxylation is 1. The van der Waals surface area contributed by atoms with E-state index < -0.39 is 10.1 Å². The number of hydrogen-bond donors (Lipinski definition) is 0. The van der Waals surface area contributed by atoms with Gasteiger partial charge in [0.05, 0.1) is 15.8 Å². The molecule has 5 heteroatoms. The lowest BCUT2D eigenvalue weighted by atomic mass is 10.2. The molecule has 0 fully saturated rings. The second-order valence-corrected chi connectivity index (χ2v) is 9.92. The molecular formula is C25H22O3S2. The highest BCUT2D eigenvalue weighted by molar-refractivity contribution is 7.97. The van der Waals surface area contributed by atoms with Crippen LogP contribution in [0.5, 0.6) is 0 Å². The van der Waals surface area contributed by atoms with Gasteiger partial charge in [0, 0.05) is 0 Å². The minimum absolute atomic E-state index is 0.0229. The molecule has 0 spiro atoms. The van der Waals surface area contributed by atoms with E-state index in [1.165, 1.54) is 44.5 Å². The van der Waals surface area contributed by atoms with Gasteiger partial charge in [0.15, 0.2) is 14.7 Å². The topological polar surface area (TPSA) is 57.2 Å². The first-order valence-electron chi connectivity index (χ1n) is 9.37. The average molecular weight is 435 g/mol. The molecule has 0 amide bonds. The van der Waals surface area contributed by atoms with E-state index >= 15 is 0 Å². The zero-order valence-electron chi connectivity index (χ0n) is 16.5. The molecule has 152 valence electrons. The van der Waals surface area contributed by atoms with Crippen LogP contribution in [0.2, 0.25) is 0 Å². The van der Waals surface area contributed by atoms with Gasteiger partial charge in [-0.3, -0.25) is 0 Å². The molecule has 4 rings (SSSR count). The van der Waals surface area contributed by atoms with Crippen LogP contribution in [0.25, 0.3) is 0 Å². The minimum atomic E-state index is -4.25. The van der Waals surface area contributed by atoms with Crippen LogP contribution in [0.1, 0.15) is 5.56 Å². The predicted octanol–water partition coefficient (Wildman–Crippen LogP) is 5.68. The molecule has 30 heavy (non-hydrogen) atoms. The third-order valence-corrected chi connectivity index (χ3v) is 7.33. The van der Waals surface area contributed by atoms with Crippen LogP contribution in [-0.2, 0) is 21.0 Å². The van der Waals surface area contributed by atoms with Gasteiger partial charge in [0.2, 0.25) is 0 Å². The lowest BCUT2D eigenvalue weighted by Gasteiger charge is -2.07. The summed E-state index contributed by atoms with van der Waals surface area (Å²) in [5.41, 5.74) is 1.30. The molecule has 0 atom stereocenters. The number of rotatable bonds is 4. The Morgan fingerprint density at radius 2 is 0.933 bits per heavy atom. The fraction of sp³-hybridized carbons (Fsp3) is 0.0400. The molecule has 4 aromatic carbocycles. The lowest BCUT2D eigenvalue weighted by Crippen LogP contribution is -2.04. The van der Waals surface area contributed by atoms with Crippen LogP contribution in [0.3, 0.4) is 0 Å². The predicted molar refractivity (Wildman–Crippen MR) is 121 cm³/mol. The van der Waals surface area contributed by atoms with Crippen molar-refractivity contribution in [2.24, 2.45) is 0 Å². The summed E-state index contributed by atoms with van der Waals surface area (Å²) in [6.45, 7) is 2.13. The standard InChI is InChI=1S/C19H17S.C6H6O3S/c1-16-12-14-19(15-13-16)20(17-8-4-2-5-9-17)18-10-6-3-7-11-18;7-10(8,9)6-4-2-1-3-5-6/h2-15H,1H3;1-5H,(H,7,8,9)/q+1;/p-1. The largest absolute Gasteiger partial charge is 0.744 e. The van der Waals surface area contributed by atoms with E-state index in [1.54, 1.807) is 6.07 Å². The third-order valence-electron chi connectivity index (χ3n) is 4.25. The summed E-state index contributed by atoms with van der Waals surface area (Å²) >= 11 is 0. The maximum Gasteiger partial charge on any atom is 0.166 e. The lowest BCUT2D eigenvalue weighted by molar-refractivity contribution is 0.463. The smallest absolute Gasteiger partial charge is 0.166 e. The van der Waals surface area contributed by atoms with Crippen molar-refractivity contribution in [2.75, 3.05) is 0 Å². The van der Waals surface area contributed by atoms with E-state index in [0.29, 0.717) is 0 Å². The zero-order valence-corrected chi connectivity index (χ0v) is 18.1. The van der Waals surface area contributed by atoms with Crippen molar-refractivity contribution in [2.45, 2.75) is 26.5 Å². The SMILES string of the molecule is Cc1ccc([S+](c2ccccc2)c2ccccc2)cc1.O=S(=O)([O-])c1ccccc1. The van der Waals surface area contributed by atoms with Crippen LogP contribution in [-0.4, -0.2) is 13.0 Å². The molecule has 0 heterocycles. The molecule has 0 aliphatic heterocycles. The summed E-state index contributed by atoms with van der Waals surface area (Å²) < 4.78 is 30.8. The molecule has 0 saturated heterocycles. The Morgan fingerprint density at radius 3 is 1.30 bits per heavy atom. The van der Waals surface area contributed by atoms with Crippen molar-refractivity contribution in [3.05, 3.63) is 121 Å². The molecule has 0 aliphatic rings. The summed E-state index contributed by atoms with van der Waals surface area (Å²) in [5, 5.41) is 0. The molecule has 4 aromatic rings. The Labute approximate surface area is 181 Å². The first kappa shape index (κ1) is 21.8. The van der Waals surface area contributed by atoms with Gasteiger partial charge >= 0.3 is 0 Å². The second kappa shape index (κ2) is 10.3. The minimum Gasteiger partial charge on any atom is -0.744 e. The quantitative estimate of drug-likeness (QED) is 0.307. The molecule has 0 bridgehead atoms. The Balaban J connectivity index is 0.000000216. The first-order chi connectivity index (χ1) is 14.4. The molecule has 0 unspecified atom stereocenters. The zero-order chi connectivity index (χ0) is 21.4. The highest BCUT2D eigenvalue weighted by Crippen LogP contribution is 2.30. The van der Waals surface area contributed by atoms with Gasteiger partial charge < -0.3 is 4.55 Å². The molecule has 0 aromatic heterocycles. The van der Waals surface area contributed by atoms with E-state index in [1.807, 2.05) is 0 Å². The summed E-state index contributed by atoms with van der Waals surface area (Å²) in [7, 11) is -4.28. The van der Waals surface area contributed by atoms with Gasteiger partial charge in [-0.15, -0.1) is 0 Å². The van der Waals surface area contributed by atoms with Crippen molar-refractivity contribution in [1.82, 2.24) is 0 Å². The van der Waals surface area contributed by atoms with Crippen molar-refractivity contribution >= 4 is 21.0 Å². The van der Waals surface area contributed by atoms with Gasteiger partial charge in [-0.05, 0) is 55.5 Å². The maximum atomic E-state index is 10.3. The summed E-state index contributed by atoms with van der Waals surface area (Å²) in [4.78, 5) is 3.91. The van der Waals surface area contributed by atoms with Crippen LogP contribution in [0.4, 0.5) is 0 Å². The summed E-state index contributed by atoms with van der Waals surface area (Å²) in [6.07, 6.45) is 0. The monoisotopic (exact) mass is 434 g/mol. The average Bonchev–Trinajstić information content (AvgIpc) is 2.77. The highest BCUT2D eigenvalue weighted by atomic mass is 32.2. The van der Waals surface area contributed by atoms with Crippen LogP contribution in [0.15, 0.2) is 135 Å². The number of hydrogen-bond acceptors (Lipinski definition) is 3. The van der Waals surface area contributed by atoms with Gasteiger partial charge in [-0.25, -0.2) is 8.42 Å².